The summed E-state index contributed by atoms with van der Waals surface area (Å²) in [5.41, 5.74) is 10.7. The molecule has 1 rings (SSSR count). The zero-order valence-corrected chi connectivity index (χ0v) is 10.1. The van der Waals surface area contributed by atoms with Crippen LogP contribution < -0.4 is 11.2 Å². The molecule has 0 unspecified atom stereocenters. The molecule has 80 valence electrons. The molecule has 3 N–H and O–H groups in total. The number of rotatable bonds is 2. The van der Waals surface area contributed by atoms with E-state index in [1.807, 2.05) is 26.0 Å². The lowest BCUT2D eigenvalue weighted by molar-refractivity contribution is 1.04. The van der Waals surface area contributed by atoms with Gasteiger partial charge in [-0.1, -0.05) is 23.2 Å². The number of nitrogens with zero attached hydrogens (tertiary/aromatic N) is 1. The topological polar surface area (TPSA) is 50.4 Å². The highest BCUT2D eigenvalue weighted by molar-refractivity contribution is 7.80. The molecular formula is C10H12ClN3S. The van der Waals surface area contributed by atoms with Crippen LogP contribution in [-0.4, -0.2) is 11.3 Å². The maximum atomic E-state index is 6.10. The second-order valence-electron chi connectivity index (χ2n) is 3.22. The van der Waals surface area contributed by atoms with E-state index in [9.17, 15) is 0 Å². The van der Waals surface area contributed by atoms with E-state index in [1.165, 1.54) is 0 Å². The third-order valence-corrected chi connectivity index (χ3v) is 2.41. The van der Waals surface area contributed by atoms with Gasteiger partial charge in [0.2, 0.25) is 0 Å². The Balaban J connectivity index is 2.94. The van der Waals surface area contributed by atoms with Crippen LogP contribution in [0.5, 0.6) is 0 Å². The van der Waals surface area contributed by atoms with Crippen molar-refractivity contribution in [3.05, 3.63) is 33.8 Å². The number of nitrogens with one attached hydrogen (secondary N) is 1. The normalized spacial score (nSPS) is 10.6. The Morgan fingerprint density at radius 1 is 1.53 bits per heavy atom. The van der Waals surface area contributed by atoms with E-state index in [0.717, 1.165) is 16.7 Å². The van der Waals surface area contributed by atoms with Crippen LogP contribution in [-0.2, 0) is 0 Å². The third kappa shape index (κ3) is 3.49. The standard InChI is InChI=1S/C10H12ClN3S/c1-6-3-7(2)9(11)8(4-6)5-13-14-10(12)15/h3-5H,1-2H3,(H3,12,14,15). The molecule has 0 spiro atoms. The van der Waals surface area contributed by atoms with E-state index < -0.39 is 0 Å². The fourth-order valence-corrected chi connectivity index (χ4v) is 1.45. The van der Waals surface area contributed by atoms with Gasteiger partial charge in [0.05, 0.1) is 11.2 Å². The summed E-state index contributed by atoms with van der Waals surface area (Å²) >= 11 is 10.7. The molecule has 0 fully saturated rings. The fraction of sp³-hybridized carbons (Fsp3) is 0.200. The van der Waals surface area contributed by atoms with Gasteiger partial charge in [-0.3, -0.25) is 5.43 Å². The lowest BCUT2D eigenvalue weighted by Gasteiger charge is -2.04. The number of hydrogen-bond acceptors (Lipinski definition) is 2. The van der Waals surface area contributed by atoms with E-state index in [1.54, 1.807) is 6.21 Å². The molecule has 1 aromatic carbocycles. The molecule has 0 aliphatic carbocycles. The quantitative estimate of drug-likeness (QED) is 0.474. The fourth-order valence-electron chi connectivity index (χ4n) is 1.24. The number of benzene rings is 1. The molecule has 0 atom stereocenters. The van der Waals surface area contributed by atoms with Crippen LogP contribution >= 0.6 is 23.8 Å². The number of hydrogen-bond donors (Lipinski definition) is 2. The van der Waals surface area contributed by atoms with Crippen LogP contribution in [0.2, 0.25) is 5.02 Å². The van der Waals surface area contributed by atoms with Crippen LogP contribution in [0.1, 0.15) is 16.7 Å². The van der Waals surface area contributed by atoms with E-state index in [-0.39, 0.29) is 5.11 Å². The molecule has 0 amide bonds. The predicted octanol–water partition coefficient (Wildman–Crippen LogP) is 2.12. The van der Waals surface area contributed by atoms with Crippen LogP contribution in [0, 0.1) is 13.8 Å². The molecule has 0 heterocycles. The van der Waals surface area contributed by atoms with E-state index in [0.29, 0.717) is 5.02 Å². The van der Waals surface area contributed by atoms with E-state index >= 15 is 0 Å². The Labute approximate surface area is 99.3 Å². The minimum absolute atomic E-state index is 0.131. The Morgan fingerprint density at radius 2 is 2.20 bits per heavy atom. The van der Waals surface area contributed by atoms with Gasteiger partial charge in [0.25, 0.3) is 0 Å². The highest BCUT2D eigenvalue weighted by Crippen LogP contribution is 2.20. The zero-order chi connectivity index (χ0) is 11.4. The molecular weight excluding hydrogens is 230 g/mol. The summed E-state index contributed by atoms with van der Waals surface area (Å²) in [7, 11) is 0. The number of hydrazone groups is 1. The SMILES string of the molecule is Cc1cc(C)c(Cl)c(C=NNC(N)=S)c1. The first-order valence-corrected chi connectivity index (χ1v) is 5.14. The van der Waals surface area contributed by atoms with Crippen LogP contribution in [0.25, 0.3) is 0 Å². The lowest BCUT2D eigenvalue weighted by atomic mass is 10.1. The monoisotopic (exact) mass is 241 g/mol. The Morgan fingerprint density at radius 3 is 2.80 bits per heavy atom. The minimum atomic E-state index is 0.131. The molecule has 0 aromatic heterocycles. The van der Waals surface area contributed by atoms with Gasteiger partial charge in [0.15, 0.2) is 5.11 Å². The average Bonchev–Trinajstić information content (AvgIpc) is 2.12. The molecule has 0 radical (unpaired) electrons. The second kappa shape index (κ2) is 5.09. The van der Waals surface area contributed by atoms with Crippen LogP contribution in [0.15, 0.2) is 17.2 Å². The maximum Gasteiger partial charge on any atom is 0.184 e. The van der Waals surface area contributed by atoms with Crippen molar-refractivity contribution in [2.24, 2.45) is 10.8 Å². The predicted molar refractivity (Wildman–Crippen MR) is 68.4 cm³/mol. The van der Waals surface area contributed by atoms with Crippen molar-refractivity contribution < 1.29 is 0 Å². The first-order valence-electron chi connectivity index (χ1n) is 4.36. The summed E-state index contributed by atoms with van der Waals surface area (Å²) in [6, 6.07) is 3.96. The average molecular weight is 242 g/mol. The van der Waals surface area contributed by atoms with Gasteiger partial charge in [0.1, 0.15) is 0 Å². The number of nitrogens with two attached hydrogens (primary N) is 1. The molecule has 0 bridgehead atoms. The summed E-state index contributed by atoms with van der Waals surface area (Å²) in [4.78, 5) is 0. The van der Waals surface area contributed by atoms with Crippen molar-refractivity contribution in [1.29, 1.82) is 0 Å². The van der Waals surface area contributed by atoms with Gasteiger partial charge in [-0.2, -0.15) is 5.10 Å². The van der Waals surface area contributed by atoms with Crippen LogP contribution in [0.3, 0.4) is 0 Å². The van der Waals surface area contributed by atoms with Gasteiger partial charge in [-0.05, 0) is 37.7 Å². The number of aryl methyl sites for hydroxylation is 2. The largest absolute Gasteiger partial charge is 0.375 e. The van der Waals surface area contributed by atoms with Crippen molar-refractivity contribution in [2.45, 2.75) is 13.8 Å². The first kappa shape index (κ1) is 11.9. The molecule has 0 saturated carbocycles. The molecule has 3 nitrogen and oxygen atoms in total. The van der Waals surface area contributed by atoms with Gasteiger partial charge in [0, 0.05) is 5.56 Å². The Bertz CT molecular complexity index is 415. The summed E-state index contributed by atoms with van der Waals surface area (Å²) in [5, 5.41) is 4.68. The van der Waals surface area contributed by atoms with Crippen molar-refractivity contribution in [3.8, 4) is 0 Å². The molecule has 1 aromatic rings. The summed E-state index contributed by atoms with van der Waals surface area (Å²) < 4.78 is 0. The van der Waals surface area contributed by atoms with Crippen molar-refractivity contribution >= 4 is 35.1 Å². The van der Waals surface area contributed by atoms with Crippen molar-refractivity contribution in [2.75, 3.05) is 0 Å². The number of halogens is 1. The van der Waals surface area contributed by atoms with E-state index in [2.05, 4.69) is 22.7 Å². The third-order valence-electron chi connectivity index (χ3n) is 1.81. The summed E-state index contributed by atoms with van der Waals surface area (Å²) in [6.45, 7) is 3.95. The number of thiocarbonyl (C=S) groups is 1. The van der Waals surface area contributed by atoms with Gasteiger partial charge >= 0.3 is 0 Å². The summed E-state index contributed by atoms with van der Waals surface area (Å²) in [5.74, 6) is 0. The Hall–Kier alpha value is -1.13. The van der Waals surface area contributed by atoms with E-state index in [4.69, 9.17) is 17.3 Å². The maximum absolute atomic E-state index is 6.10. The zero-order valence-electron chi connectivity index (χ0n) is 8.54. The smallest absolute Gasteiger partial charge is 0.184 e. The second-order valence-corrected chi connectivity index (χ2v) is 4.04. The van der Waals surface area contributed by atoms with Gasteiger partial charge in [-0.25, -0.2) is 0 Å². The molecule has 0 aliphatic rings. The van der Waals surface area contributed by atoms with Crippen LogP contribution in [0.4, 0.5) is 0 Å². The minimum Gasteiger partial charge on any atom is -0.375 e. The molecule has 0 saturated heterocycles. The molecule has 5 heteroatoms. The Kier molecular flexibility index (Phi) is 4.05. The van der Waals surface area contributed by atoms with Crippen molar-refractivity contribution in [1.82, 2.24) is 5.43 Å². The molecule has 15 heavy (non-hydrogen) atoms. The first-order chi connectivity index (χ1) is 7.00. The van der Waals surface area contributed by atoms with Gasteiger partial charge in [-0.15, -0.1) is 0 Å². The lowest BCUT2D eigenvalue weighted by Crippen LogP contribution is -2.24. The van der Waals surface area contributed by atoms with Gasteiger partial charge < -0.3 is 5.73 Å². The highest BCUT2D eigenvalue weighted by Gasteiger charge is 2.01. The summed E-state index contributed by atoms with van der Waals surface area (Å²) in [6.07, 6.45) is 1.60. The highest BCUT2D eigenvalue weighted by atomic mass is 35.5. The molecule has 0 aliphatic heterocycles. The van der Waals surface area contributed by atoms with Crippen molar-refractivity contribution in [3.63, 3.8) is 0 Å².